The van der Waals surface area contributed by atoms with E-state index >= 15 is 0 Å². The van der Waals surface area contributed by atoms with Crippen LogP contribution in [0.15, 0.2) is 42.5 Å². The number of hydrogen-bond acceptors (Lipinski definition) is 4. The fourth-order valence-electron chi connectivity index (χ4n) is 2.44. The molecule has 0 radical (unpaired) electrons. The number of nitrogens with one attached hydrogen (secondary N) is 2. The number of sulfonamides is 1. The highest BCUT2D eigenvalue weighted by atomic mass is 35.5. The smallest absolute Gasteiger partial charge is 0.236 e. The molecule has 1 aliphatic rings. The second-order valence-corrected chi connectivity index (χ2v) is 7.50. The molecule has 0 bridgehead atoms. The predicted molar refractivity (Wildman–Crippen MR) is 91.3 cm³/mol. The Hall–Kier alpha value is -1.76. The maximum absolute atomic E-state index is 12.3. The van der Waals surface area contributed by atoms with E-state index in [9.17, 15) is 8.42 Å². The Labute approximate surface area is 140 Å². The van der Waals surface area contributed by atoms with E-state index in [0.29, 0.717) is 29.4 Å². The van der Waals surface area contributed by atoms with E-state index in [0.717, 1.165) is 17.9 Å². The van der Waals surface area contributed by atoms with Crippen LogP contribution >= 0.6 is 11.6 Å². The average Bonchev–Trinajstić information content (AvgIpc) is 2.71. The molecule has 0 aromatic heterocycles. The fourth-order valence-corrected chi connectivity index (χ4v) is 3.83. The molecule has 0 spiro atoms. The largest absolute Gasteiger partial charge is 0.492 e. The molecule has 0 atom stereocenters. The van der Waals surface area contributed by atoms with Crippen molar-refractivity contribution in [3.05, 3.63) is 58.6 Å². The molecular formula is C16H17ClN2O3S. The highest BCUT2D eigenvalue weighted by Crippen LogP contribution is 2.25. The lowest BCUT2D eigenvalue weighted by molar-refractivity contribution is 0.326. The van der Waals surface area contributed by atoms with Crippen LogP contribution in [-0.2, 0) is 22.3 Å². The second-order valence-electron chi connectivity index (χ2n) is 5.34. The number of anilines is 1. The van der Waals surface area contributed by atoms with Gasteiger partial charge in [0.2, 0.25) is 10.0 Å². The van der Waals surface area contributed by atoms with Crippen LogP contribution in [0, 0.1) is 0 Å². The molecule has 0 fully saturated rings. The van der Waals surface area contributed by atoms with Crippen LogP contribution in [0.4, 0.5) is 5.69 Å². The minimum Gasteiger partial charge on any atom is -0.492 e. The van der Waals surface area contributed by atoms with Crippen LogP contribution in [0.1, 0.15) is 11.1 Å². The first-order valence-corrected chi connectivity index (χ1v) is 9.26. The number of hydrogen-bond donors (Lipinski definition) is 2. The SMILES string of the molecule is O=S(=O)(Cc1cccc(Cl)c1)Nc1ccc2c(c1)CNCCO2. The topological polar surface area (TPSA) is 67.4 Å². The van der Waals surface area contributed by atoms with Gasteiger partial charge in [0.05, 0.1) is 5.75 Å². The Bertz CT molecular complexity index is 809. The zero-order chi connectivity index (χ0) is 16.3. The van der Waals surface area contributed by atoms with E-state index < -0.39 is 10.0 Å². The van der Waals surface area contributed by atoms with Crippen molar-refractivity contribution in [2.75, 3.05) is 17.9 Å². The predicted octanol–water partition coefficient (Wildman–Crippen LogP) is 2.76. The molecule has 1 aliphatic heterocycles. The number of ether oxygens (including phenoxy) is 1. The zero-order valence-electron chi connectivity index (χ0n) is 12.4. The summed E-state index contributed by atoms with van der Waals surface area (Å²) in [6, 6.07) is 12.1. The molecular weight excluding hydrogens is 336 g/mol. The van der Waals surface area contributed by atoms with Gasteiger partial charge in [-0.3, -0.25) is 4.72 Å². The second kappa shape index (κ2) is 6.78. The summed E-state index contributed by atoms with van der Waals surface area (Å²) in [5.41, 5.74) is 2.10. The molecule has 2 aromatic carbocycles. The first kappa shape index (κ1) is 16.1. The molecule has 3 rings (SSSR count). The van der Waals surface area contributed by atoms with Gasteiger partial charge in [-0.25, -0.2) is 8.42 Å². The number of fused-ring (bicyclic) bond motifs is 1. The molecule has 2 N–H and O–H groups in total. The van der Waals surface area contributed by atoms with Crippen LogP contribution in [0.5, 0.6) is 5.75 Å². The van der Waals surface area contributed by atoms with E-state index in [1.165, 1.54) is 0 Å². The van der Waals surface area contributed by atoms with Crippen LogP contribution in [0.2, 0.25) is 5.02 Å². The summed E-state index contributed by atoms with van der Waals surface area (Å²) in [4.78, 5) is 0. The minimum absolute atomic E-state index is 0.126. The van der Waals surface area contributed by atoms with Gasteiger partial charge >= 0.3 is 0 Å². The van der Waals surface area contributed by atoms with Crippen LogP contribution in [-0.4, -0.2) is 21.6 Å². The summed E-state index contributed by atoms with van der Waals surface area (Å²) in [7, 11) is -3.51. The van der Waals surface area contributed by atoms with Gasteiger partial charge in [-0.15, -0.1) is 0 Å². The maximum atomic E-state index is 12.3. The van der Waals surface area contributed by atoms with Crippen molar-refractivity contribution in [2.45, 2.75) is 12.3 Å². The van der Waals surface area contributed by atoms with E-state index in [-0.39, 0.29) is 5.75 Å². The monoisotopic (exact) mass is 352 g/mol. The zero-order valence-corrected chi connectivity index (χ0v) is 14.0. The molecule has 122 valence electrons. The van der Waals surface area contributed by atoms with Crippen molar-refractivity contribution in [3.8, 4) is 5.75 Å². The summed E-state index contributed by atoms with van der Waals surface area (Å²) in [6.45, 7) is 2.02. The van der Waals surface area contributed by atoms with Crippen molar-refractivity contribution in [3.63, 3.8) is 0 Å². The van der Waals surface area contributed by atoms with Crippen molar-refractivity contribution in [1.29, 1.82) is 0 Å². The first-order valence-electron chi connectivity index (χ1n) is 7.23. The lowest BCUT2D eigenvalue weighted by atomic mass is 10.2. The lowest BCUT2D eigenvalue weighted by Gasteiger charge is -2.12. The standard InChI is InChI=1S/C16H17ClN2O3S/c17-14-3-1-2-12(8-14)11-23(20,21)19-15-4-5-16-13(9-15)10-18-6-7-22-16/h1-5,8-9,18-19H,6-7,10-11H2. The van der Waals surface area contributed by atoms with E-state index in [2.05, 4.69) is 10.0 Å². The van der Waals surface area contributed by atoms with E-state index in [4.69, 9.17) is 16.3 Å². The summed E-state index contributed by atoms with van der Waals surface area (Å²) in [5, 5.41) is 3.74. The molecule has 5 nitrogen and oxygen atoms in total. The number of halogens is 1. The third kappa shape index (κ3) is 4.37. The third-order valence-corrected chi connectivity index (χ3v) is 4.93. The van der Waals surface area contributed by atoms with Crippen molar-refractivity contribution < 1.29 is 13.2 Å². The summed E-state index contributed by atoms with van der Waals surface area (Å²) in [5.74, 6) is 0.659. The average molecular weight is 353 g/mol. The van der Waals surface area contributed by atoms with Gasteiger partial charge in [0.15, 0.2) is 0 Å². The van der Waals surface area contributed by atoms with Gasteiger partial charge in [-0.05, 0) is 35.9 Å². The van der Waals surface area contributed by atoms with Gasteiger partial charge in [-0.2, -0.15) is 0 Å². The van der Waals surface area contributed by atoms with Gasteiger partial charge in [0.1, 0.15) is 12.4 Å². The normalized spacial score (nSPS) is 14.5. The van der Waals surface area contributed by atoms with E-state index in [1.807, 2.05) is 0 Å². The summed E-state index contributed by atoms with van der Waals surface area (Å²) >= 11 is 5.89. The minimum atomic E-state index is -3.51. The molecule has 0 unspecified atom stereocenters. The van der Waals surface area contributed by atoms with Gasteiger partial charge in [-0.1, -0.05) is 23.7 Å². The van der Waals surface area contributed by atoms with Gasteiger partial charge < -0.3 is 10.1 Å². The van der Waals surface area contributed by atoms with Crippen LogP contribution in [0.25, 0.3) is 0 Å². The summed E-state index contributed by atoms with van der Waals surface area (Å²) in [6.07, 6.45) is 0. The summed E-state index contributed by atoms with van der Waals surface area (Å²) < 4.78 is 32.8. The Kier molecular flexibility index (Phi) is 4.75. The molecule has 0 amide bonds. The Balaban J connectivity index is 1.76. The highest BCUT2D eigenvalue weighted by molar-refractivity contribution is 7.91. The Morgan fingerprint density at radius 3 is 2.91 bits per heavy atom. The van der Waals surface area contributed by atoms with E-state index in [1.54, 1.807) is 42.5 Å². The molecule has 1 heterocycles. The Morgan fingerprint density at radius 1 is 1.22 bits per heavy atom. The molecule has 0 saturated carbocycles. The molecule has 2 aromatic rings. The Morgan fingerprint density at radius 2 is 2.09 bits per heavy atom. The van der Waals surface area contributed by atoms with Crippen LogP contribution < -0.4 is 14.8 Å². The van der Waals surface area contributed by atoms with Crippen molar-refractivity contribution in [2.24, 2.45) is 0 Å². The molecule has 0 saturated heterocycles. The maximum Gasteiger partial charge on any atom is 0.236 e. The van der Waals surface area contributed by atoms with Gasteiger partial charge in [0, 0.05) is 29.4 Å². The molecule has 23 heavy (non-hydrogen) atoms. The number of benzene rings is 2. The molecule has 7 heteroatoms. The highest BCUT2D eigenvalue weighted by Gasteiger charge is 2.14. The fraction of sp³-hybridized carbons (Fsp3) is 0.250. The first-order chi connectivity index (χ1) is 11.0. The third-order valence-electron chi connectivity index (χ3n) is 3.43. The van der Waals surface area contributed by atoms with Crippen molar-refractivity contribution in [1.82, 2.24) is 5.32 Å². The number of rotatable bonds is 4. The van der Waals surface area contributed by atoms with Crippen LogP contribution in [0.3, 0.4) is 0 Å². The van der Waals surface area contributed by atoms with Gasteiger partial charge in [0.25, 0.3) is 0 Å². The lowest BCUT2D eigenvalue weighted by Crippen LogP contribution is -2.16. The molecule has 0 aliphatic carbocycles. The quantitative estimate of drug-likeness (QED) is 0.887. The van der Waals surface area contributed by atoms with Crippen molar-refractivity contribution >= 4 is 27.3 Å².